The van der Waals surface area contributed by atoms with Crippen LogP contribution in [0.2, 0.25) is 5.02 Å². The Hall–Kier alpha value is -2.68. The smallest absolute Gasteiger partial charge is 0.263 e. The maximum atomic E-state index is 13.3. The van der Waals surface area contributed by atoms with Gasteiger partial charge in [0.1, 0.15) is 16.4 Å². The lowest BCUT2D eigenvalue weighted by Gasteiger charge is -2.38. The fourth-order valence-electron chi connectivity index (χ4n) is 4.13. The van der Waals surface area contributed by atoms with E-state index in [0.29, 0.717) is 41.5 Å². The van der Waals surface area contributed by atoms with Gasteiger partial charge in [-0.05, 0) is 69.3 Å². The maximum absolute atomic E-state index is 13.3. The van der Waals surface area contributed by atoms with Gasteiger partial charge in [0, 0.05) is 36.4 Å². The van der Waals surface area contributed by atoms with Gasteiger partial charge in [-0.1, -0.05) is 11.6 Å². The zero-order valence-electron chi connectivity index (χ0n) is 18.8. The molecule has 0 aliphatic carbocycles. The zero-order valence-corrected chi connectivity index (χ0v) is 20.4. The van der Waals surface area contributed by atoms with Crippen LogP contribution in [0.25, 0.3) is 11.3 Å². The van der Waals surface area contributed by atoms with Crippen molar-refractivity contribution in [3.8, 4) is 17.1 Å². The highest BCUT2D eigenvalue weighted by atomic mass is 35.5. The number of nitrogens with zero attached hydrogens (tertiary/aromatic N) is 1. The lowest BCUT2D eigenvalue weighted by Crippen LogP contribution is -2.54. The van der Waals surface area contributed by atoms with Gasteiger partial charge in [0.05, 0.1) is 23.6 Å². The van der Waals surface area contributed by atoms with Crippen LogP contribution in [0.3, 0.4) is 0 Å². The second kappa shape index (κ2) is 9.67. The highest BCUT2D eigenvalue weighted by molar-refractivity contribution is 7.92. The van der Waals surface area contributed by atoms with E-state index in [4.69, 9.17) is 20.8 Å². The van der Waals surface area contributed by atoms with E-state index < -0.39 is 10.0 Å². The van der Waals surface area contributed by atoms with Crippen LogP contribution in [0.5, 0.6) is 5.75 Å². The summed E-state index contributed by atoms with van der Waals surface area (Å²) < 4.78 is 40.3. The number of ether oxygens (including phenoxy) is 1. The summed E-state index contributed by atoms with van der Waals surface area (Å²) in [7, 11) is -3.96. The van der Waals surface area contributed by atoms with Crippen LogP contribution in [0.4, 0.5) is 11.4 Å². The third kappa shape index (κ3) is 5.29. The Morgan fingerprint density at radius 2 is 1.91 bits per heavy atom. The minimum atomic E-state index is -3.96. The first-order valence-corrected chi connectivity index (χ1v) is 12.8. The van der Waals surface area contributed by atoms with Crippen LogP contribution < -0.4 is 19.7 Å². The highest BCUT2D eigenvalue weighted by Crippen LogP contribution is 2.35. The van der Waals surface area contributed by atoms with Crippen LogP contribution in [0, 0.1) is 0 Å². The van der Waals surface area contributed by atoms with Gasteiger partial charge in [-0.25, -0.2) is 8.42 Å². The molecule has 1 aromatic heterocycles. The number of nitrogens with one attached hydrogen (secondary N) is 2. The number of hydrogen-bond donors (Lipinski definition) is 2. The summed E-state index contributed by atoms with van der Waals surface area (Å²) in [5.74, 6) is 1.07. The quantitative estimate of drug-likeness (QED) is 0.486. The molecule has 33 heavy (non-hydrogen) atoms. The van der Waals surface area contributed by atoms with E-state index in [1.165, 1.54) is 6.07 Å². The van der Waals surface area contributed by atoms with Gasteiger partial charge < -0.3 is 19.4 Å². The molecule has 1 saturated heterocycles. The van der Waals surface area contributed by atoms with E-state index >= 15 is 0 Å². The molecule has 2 atom stereocenters. The van der Waals surface area contributed by atoms with E-state index in [2.05, 4.69) is 28.8 Å². The third-order valence-electron chi connectivity index (χ3n) is 5.46. The van der Waals surface area contributed by atoms with E-state index in [9.17, 15) is 8.42 Å². The predicted molar refractivity (Wildman–Crippen MR) is 132 cm³/mol. The average molecular weight is 490 g/mol. The van der Waals surface area contributed by atoms with Crippen LogP contribution in [0.15, 0.2) is 64.1 Å². The van der Waals surface area contributed by atoms with Crippen molar-refractivity contribution in [1.82, 2.24) is 5.32 Å². The van der Waals surface area contributed by atoms with Crippen molar-refractivity contribution < 1.29 is 17.6 Å². The predicted octanol–water partition coefficient (Wildman–Crippen LogP) is 4.99. The van der Waals surface area contributed by atoms with Gasteiger partial charge in [0.2, 0.25) is 0 Å². The number of benzene rings is 2. The summed E-state index contributed by atoms with van der Waals surface area (Å²) in [6.45, 7) is 8.18. The number of sulfonamides is 1. The summed E-state index contributed by atoms with van der Waals surface area (Å²) in [5, 5.41) is 3.61. The van der Waals surface area contributed by atoms with Gasteiger partial charge in [0.15, 0.2) is 0 Å². The molecule has 3 aromatic rings. The average Bonchev–Trinajstić information content (AvgIpc) is 3.29. The topological polar surface area (TPSA) is 83.8 Å². The molecule has 0 saturated carbocycles. The molecule has 176 valence electrons. The number of hydrogen-bond acceptors (Lipinski definition) is 6. The highest BCUT2D eigenvalue weighted by Gasteiger charge is 2.24. The van der Waals surface area contributed by atoms with Gasteiger partial charge in [-0.3, -0.25) is 4.72 Å². The number of anilines is 2. The first-order valence-electron chi connectivity index (χ1n) is 10.9. The van der Waals surface area contributed by atoms with Crippen molar-refractivity contribution in [1.29, 1.82) is 0 Å². The van der Waals surface area contributed by atoms with Crippen molar-refractivity contribution >= 4 is 33.0 Å². The molecule has 1 aliphatic rings. The fourth-order valence-corrected chi connectivity index (χ4v) is 5.74. The summed E-state index contributed by atoms with van der Waals surface area (Å²) in [6, 6.07) is 14.5. The Bertz CT molecular complexity index is 1200. The van der Waals surface area contributed by atoms with Crippen molar-refractivity contribution in [3.63, 3.8) is 0 Å². The summed E-state index contributed by atoms with van der Waals surface area (Å²) in [4.78, 5) is 2.22. The number of furan rings is 1. The van der Waals surface area contributed by atoms with Gasteiger partial charge in [-0.15, -0.1) is 0 Å². The first-order chi connectivity index (χ1) is 15.8. The van der Waals surface area contributed by atoms with E-state index in [1.54, 1.807) is 36.6 Å². The Balaban J connectivity index is 1.65. The summed E-state index contributed by atoms with van der Waals surface area (Å²) in [6.07, 6.45) is 1.55. The molecule has 2 heterocycles. The Kier molecular flexibility index (Phi) is 6.88. The van der Waals surface area contributed by atoms with E-state index in [1.807, 2.05) is 19.1 Å². The van der Waals surface area contributed by atoms with Crippen molar-refractivity contribution in [2.45, 2.75) is 37.8 Å². The summed E-state index contributed by atoms with van der Waals surface area (Å²) >= 11 is 6.38. The zero-order chi connectivity index (χ0) is 23.6. The molecule has 2 unspecified atom stereocenters. The van der Waals surface area contributed by atoms with Crippen LogP contribution in [-0.2, 0) is 10.0 Å². The molecule has 1 fully saturated rings. The molecule has 0 spiro atoms. The fraction of sp³-hybridized carbons (Fsp3) is 0.333. The Morgan fingerprint density at radius 1 is 1.15 bits per heavy atom. The van der Waals surface area contributed by atoms with Crippen LogP contribution in [0.1, 0.15) is 20.8 Å². The normalized spacial score (nSPS) is 18.8. The molecule has 2 N–H and O–H groups in total. The number of piperazine rings is 1. The van der Waals surface area contributed by atoms with Crippen molar-refractivity contribution in [3.05, 3.63) is 59.8 Å². The SMILES string of the molecule is CCOc1ccc(N2CC(C)NC(C)C2)cc1NS(=O)(=O)c1ccc(-c2ccco2)cc1Cl. The molecule has 4 rings (SSSR count). The molecular formula is C24H28ClN3O4S. The molecule has 2 aromatic carbocycles. The monoisotopic (exact) mass is 489 g/mol. The van der Waals surface area contributed by atoms with Crippen molar-refractivity contribution in [2.24, 2.45) is 0 Å². The second-order valence-electron chi connectivity index (χ2n) is 8.22. The molecule has 1 aliphatic heterocycles. The third-order valence-corrected chi connectivity index (χ3v) is 7.31. The van der Waals surface area contributed by atoms with Gasteiger partial charge >= 0.3 is 0 Å². The summed E-state index contributed by atoms with van der Waals surface area (Å²) in [5.41, 5.74) is 2.00. The maximum Gasteiger partial charge on any atom is 0.263 e. The molecule has 0 radical (unpaired) electrons. The van der Waals surface area contributed by atoms with Crippen LogP contribution >= 0.6 is 11.6 Å². The van der Waals surface area contributed by atoms with Crippen molar-refractivity contribution in [2.75, 3.05) is 29.3 Å². The first kappa shape index (κ1) is 23.5. The Labute approximate surface area is 199 Å². The molecular weight excluding hydrogens is 462 g/mol. The lowest BCUT2D eigenvalue weighted by molar-refractivity contribution is 0.342. The minimum absolute atomic E-state index is 0.0169. The van der Waals surface area contributed by atoms with Crippen LogP contribution in [-0.4, -0.2) is 40.2 Å². The van der Waals surface area contributed by atoms with E-state index in [0.717, 1.165) is 18.8 Å². The van der Waals surface area contributed by atoms with Gasteiger partial charge in [0.25, 0.3) is 10.0 Å². The number of halogens is 1. The molecule has 9 heteroatoms. The standard InChI is InChI=1S/C24H28ClN3O4S/c1-4-31-23-9-8-19(28-14-16(2)26-17(3)15-28)13-21(23)27-33(29,30)24-10-7-18(12-20(24)25)22-6-5-11-32-22/h5-13,16-17,26-27H,4,14-15H2,1-3H3. The largest absolute Gasteiger partial charge is 0.492 e. The lowest BCUT2D eigenvalue weighted by atomic mass is 10.1. The minimum Gasteiger partial charge on any atom is -0.492 e. The molecule has 0 amide bonds. The molecule has 0 bridgehead atoms. The molecule has 7 nitrogen and oxygen atoms in total. The second-order valence-corrected chi connectivity index (χ2v) is 10.3. The Morgan fingerprint density at radius 3 is 2.55 bits per heavy atom. The van der Waals surface area contributed by atoms with Gasteiger partial charge in [-0.2, -0.15) is 0 Å². The number of rotatable bonds is 7. The van der Waals surface area contributed by atoms with E-state index in [-0.39, 0.29) is 9.92 Å².